The Morgan fingerprint density at radius 1 is 1.29 bits per heavy atom. The molecule has 0 N–H and O–H groups in total. The van der Waals surface area contributed by atoms with Crippen LogP contribution in [0.15, 0.2) is 18.2 Å². The highest BCUT2D eigenvalue weighted by molar-refractivity contribution is 6.31. The van der Waals surface area contributed by atoms with Gasteiger partial charge in [0, 0.05) is 25.7 Å². The van der Waals surface area contributed by atoms with Crippen LogP contribution in [-0.2, 0) is 20.5 Å². The molecule has 0 unspecified atom stereocenters. The van der Waals surface area contributed by atoms with Crippen LogP contribution >= 0.6 is 11.6 Å². The summed E-state index contributed by atoms with van der Waals surface area (Å²) in [5, 5.41) is -0.464. The van der Waals surface area contributed by atoms with E-state index >= 15 is 0 Å². The van der Waals surface area contributed by atoms with E-state index in [1.165, 1.54) is 17.9 Å². The van der Waals surface area contributed by atoms with Crippen LogP contribution in [0.3, 0.4) is 0 Å². The quantitative estimate of drug-likeness (QED) is 0.828. The molecule has 9 heteroatoms. The van der Waals surface area contributed by atoms with Gasteiger partial charge in [0.25, 0.3) is 0 Å². The predicted molar refractivity (Wildman–Crippen MR) is 81.9 cm³/mol. The lowest BCUT2D eigenvalue weighted by molar-refractivity contribution is -0.137. The summed E-state index contributed by atoms with van der Waals surface area (Å²) >= 11 is 5.58. The Bertz CT molecular complexity index is 631. The molecule has 0 atom stereocenters. The van der Waals surface area contributed by atoms with Gasteiger partial charge >= 0.3 is 6.18 Å². The average molecular weight is 365 g/mol. The van der Waals surface area contributed by atoms with Gasteiger partial charge in [0.05, 0.1) is 23.8 Å². The minimum atomic E-state index is -4.65. The van der Waals surface area contributed by atoms with Gasteiger partial charge in [0.15, 0.2) is 0 Å². The van der Waals surface area contributed by atoms with Crippen LogP contribution in [0, 0.1) is 0 Å². The third-order valence-corrected chi connectivity index (χ3v) is 3.93. The van der Waals surface area contributed by atoms with Crippen molar-refractivity contribution in [2.75, 3.05) is 37.7 Å². The Morgan fingerprint density at radius 3 is 2.46 bits per heavy atom. The number of rotatable bonds is 3. The van der Waals surface area contributed by atoms with E-state index in [0.717, 1.165) is 17.0 Å². The Balaban J connectivity index is 2.24. The molecular formula is C15H16ClF3N2O3. The van der Waals surface area contributed by atoms with Gasteiger partial charge in [-0.05, 0) is 18.2 Å². The molecule has 0 aromatic heterocycles. The molecule has 24 heavy (non-hydrogen) atoms. The third kappa shape index (κ3) is 4.39. The maximum absolute atomic E-state index is 13.0. The summed E-state index contributed by atoms with van der Waals surface area (Å²) in [6.45, 7) is 2.41. The summed E-state index contributed by atoms with van der Waals surface area (Å²) in [7, 11) is 0. The second-order valence-corrected chi connectivity index (χ2v) is 5.67. The fraction of sp³-hybridized carbons (Fsp3) is 0.467. The van der Waals surface area contributed by atoms with E-state index in [1.807, 2.05) is 0 Å². The molecule has 0 saturated carbocycles. The van der Waals surface area contributed by atoms with Crippen LogP contribution in [0.5, 0.6) is 0 Å². The molecule has 1 fully saturated rings. The molecule has 2 amide bonds. The molecule has 0 aliphatic carbocycles. The van der Waals surface area contributed by atoms with Gasteiger partial charge in [0.2, 0.25) is 11.8 Å². The molecule has 1 aromatic rings. The first-order valence-corrected chi connectivity index (χ1v) is 7.58. The molecule has 1 heterocycles. The van der Waals surface area contributed by atoms with Crippen molar-refractivity contribution in [2.24, 2.45) is 0 Å². The van der Waals surface area contributed by atoms with Crippen molar-refractivity contribution >= 4 is 29.1 Å². The zero-order valence-electron chi connectivity index (χ0n) is 12.9. The monoisotopic (exact) mass is 364 g/mol. The molecule has 2 rings (SSSR count). The van der Waals surface area contributed by atoms with Gasteiger partial charge in [-0.25, -0.2) is 0 Å². The predicted octanol–water partition coefficient (Wildman–Crippen LogP) is 2.57. The molecule has 0 spiro atoms. The minimum Gasteiger partial charge on any atom is -0.378 e. The largest absolute Gasteiger partial charge is 0.417 e. The Kier molecular flexibility index (Phi) is 5.71. The number of anilines is 1. The topological polar surface area (TPSA) is 49.9 Å². The van der Waals surface area contributed by atoms with Crippen molar-refractivity contribution < 1.29 is 27.5 Å². The van der Waals surface area contributed by atoms with Gasteiger partial charge in [-0.2, -0.15) is 13.2 Å². The fourth-order valence-electron chi connectivity index (χ4n) is 2.33. The first kappa shape index (κ1) is 18.5. The first-order valence-electron chi connectivity index (χ1n) is 7.20. The smallest absolute Gasteiger partial charge is 0.378 e. The highest BCUT2D eigenvalue weighted by atomic mass is 35.5. The lowest BCUT2D eigenvalue weighted by atomic mass is 10.1. The van der Waals surface area contributed by atoms with Crippen LogP contribution in [-0.4, -0.2) is 49.6 Å². The number of amides is 2. The summed E-state index contributed by atoms with van der Waals surface area (Å²) in [6, 6.07) is 3.12. The molecule has 0 radical (unpaired) electrons. The summed E-state index contributed by atoms with van der Waals surface area (Å²) in [6.07, 6.45) is -4.65. The Labute approximate surface area is 141 Å². The maximum atomic E-state index is 13.0. The Hall–Kier alpha value is -1.80. The molecule has 132 valence electrons. The van der Waals surface area contributed by atoms with Crippen molar-refractivity contribution in [1.29, 1.82) is 0 Å². The minimum absolute atomic E-state index is 0.0270. The van der Waals surface area contributed by atoms with E-state index in [0.29, 0.717) is 26.3 Å². The van der Waals surface area contributed by atoms with Crippen LogP contribution in [0.25, 0.3) is 0 Å². The van der Waals surface area contributed by atoms with Crippen molar-refractivity contribution in [2.45, 2.75) is 13.1 Å². The van der Waals surface area contributed by atoms with E-state index < -0.39 is 22.7 Å². The third-order valence-electron chi connectivity index (χ3n) is 3.60. The van der Waals surface area contributed by atoms with E-state index in [1.54, 1.807) is 0 Å². The van der Waals surface area contributed by atoms with E-state index in [2.05, 4.69) is 0 Å². The van der Waals surface area contributed by atoms with Crippen LogP contribution in [0.2, 0.25) is 5.02 Å². The SMILES string of the molecule is CC(=O)N(CC(=O)N1CCOCC1)c1ccc(Cl)c(C(F)(F)F)c1. The van der Waals surface area contributed by atoms with E-state index in [9.17, 15) is 22.8 Å². The standard InChI is InChI=1S/C15H16ClF3N2O3/c1-10(22)21(9-14(23)20-4-6-24-7-5-20)11-2-3-13(16)12(8-11)15(17,18)19/h2-3,8H,4-7,9H2,1H3. The number of nitrogens with zero attached hydrogens (tertiary/aromatic N) is 2. The first-order chi connectivity index (χ1) is 11.2. The number of ether oxygens (including phenoxy) is 1. The highest BCUT2D eigenvalue weighted by Crippen LogP contribution is 2.37. The van der Waals surface area contributed by atoms with Gasteiger partial charge in [-0.15, -0.1) is 0 Å². The second-order valence-electron chi connectivity index (χ2n) is 5.26. The average Bonchev–Trinajstić information content (AvgIpc) is 2.52. The van der Waals surface area contributed by atoms with Gasteiger partial charge < -0.3 is 14.5 Å². The normalized spacial score (nSPS) is 15.3. The molecule has 1 aromatic carbocycles. The summed E-state index contributed by atoms with van der Waals surface area (Å²) < 4.78 is 44.0. The Morgan fingerprint density at radius 2 is 1.92 bits per heavy atom. The summed E-state index contributed by atoms with van der Waals surface area (Å²) in [5.74, 6) is -0.885. The zero-order valence-corrected chi connectivity index (χ0v) is 13.7. The van der Waals surface area contributed by atoms with Crippen molar-refractivity contribution in [1.82, 2.24) is 4.90 Å². The number of carbonyl (C=O) groups is 2. The summed E-state index contributed by atoms with van der Waals surface area (Å²) in [4.78, 5) is 26.6. The summed E-state index contributed by atoms with van der Waals surface area (Å²) in [5.41, 5.74) is -1.08. The van der Waals surface area contributed by atoms with E-state index in [4.69, 9.17) is 16.3 Å². The molecule has 1 aliphatic rings. The van der Waals surface area contributed by atoms with Crippen LogP contribution in [0.1, 0.15) is 12.5 Å². The number of hydrogen-bond acceptors (Lipinski definition) is 3. The molecule has 5 nitrogen and oxygen atoms in total. The van der Waals surface area contributed by atoms with Crippen molar-refractivity contribution in [3.63, 3.8) is 0 Å². The molecule has 1 saturated heterocycles. The fourth-order valence-corrected chi connectivity index (χ4v) is 2.56. The molecule has 1 aliphatic heterocycles. The lowest BCUT2D eigenvalue weighted by Gasteiger charge is -2.30. The van der Waals surface area contributed by atoms with Crippen LogP contribution in [0.4, 0.5) is 18.9 Å². The van der Waals surface area contributed by atoms with Gasteiger partial charge in [-0.3, -0.25) is 9.59 Å². The van der Waals surface area contributed by atoms with Gasteiger partial charge in [0.1, 0.15) is 6.54 Å². The van der Waals surface area contributed by atoms with Crippen molar-refractivity contribution in [3.8, 4) is 0 Å². The number of halogens is 4. The number of carbonyl (C=O) groups excluding carboxylic acids is 2. The number of benzene rings is 1. The zero-order chi connectivity index (χ0) is 17.9. The molecule has 0 bridgehead atoms. The number of alkyl halides is 3. The second kappa shape index (κ2) is 7.40. The maximum Gasteiger partial charge on any atom is 0.417 e. The van der Waals surface area contributed by atoms with E-state index in [-0.39, 0.29) is 18.1 Å². The van der Waals surface area contributed by atoms with Crippen LogP contribution < -0.4 is 4.90 Å². The highest BCUT2D eigenvalue weighted by Gasteiger charge is 2.34. The molecular weight excluding hydrogens is 349 g/mol. The van der Waals surface area contributed by atoms with Crippen molar-refractivity contribution in [3.05, 3.63) is 28.8 Å². The van der Waals surface area contributed by atoms with Gasteiger partial charge in [-0.1, -0.05) is 11.6 Å². The number of hydrogen-bond donors (Lipinski definition) is 0. The number of morpholine rings is 1. The lowest BCUT2D eigenvalue weighted by Crippen LogP contribution is -2.46.